The van der Waals surface area contributed by atoms with E-state index < -0.39 is 6.16 Å². The van der Waals surface area contributed by atoms with Crippen LogP contribution in [-0.2, 0) is 28.5 Å². The Morgan fingerprint density at radius 2 is 0.961 bits per heavy atom. The summed E-state index contributed by atoms with van der Waals surface area (Å²) in [6.45, 7) is 18.9. The molecule has 0 aliphatic rings. The second-order valence-electron chi connectivity index (χ2n) is 14.4. The van der Waals surface area contributed by atoms with E-state index in [4.69, 9.17) is 18.9 Å². The van der Waals surface area contributed by atoms with Crippen molar-refractivity contribution >= 4 is 18.1 Å². The van der Waals surface area contributed by atoms with Crippen LogP contribution in [0.5, 0.6) is 0 Å². The summed E-state index contributed by atoms with van der Waals surface area (Å²) in [4.78, 5) is 42.2. The summed E-state index contributed by atoms with van der Waals surface area (Å²) < 4.78 is 22.6. The average Bonchev–Trinajstić information content (AvgIpc) is 3.12. The molecule has 0 aliphatic carbocycles. The molecule has 0 rings (SSSR count). The third-order valence-corrected chi connectivity index (χ3v) is 9.87. The number of carbonyl (C=O) groups is 3. The largest absolute Gasteiger partial charge is 0.508 e. The third kappa shape index (κ3) is 31.4. The summed E-state index contributed by atoms with van der Waals surface area (Å²) >= 11 is 0. The van der Waals surface area contributed by atoms with Gasteiger partial charge in [-0.05, 0) is 64.0 Å². The van der Waals surface area contributed by atoms with Crippen LogP contribution in [0.15, 0.2) is 0 Å². The van der Waals surface area contributed by atoms with E-state index >= 15 is 0 Å². The standard InChI is InChI=1S/C42H82N2O7/c1-7-13-17-20-23-29-40(45)48-35-33-44(32-31-43(11-5)12-6)34-36-49-42(47)51-39(27-22-19-15-9-3)28-24-30-41(46)50-37-38(25-16-10-4)26-21-18-14-8-2/h38-39H,7-37H2,1-6H3. The molecule has 51 heavy (non-hydrogen) atoms. The Labute approximate surface area is 314 Å². The predicted octanol–water partition coefficient (Wildman–Crippen LogP) is 10.5. The highest BCUT2D eigenvalue weighted by Gasteiger charge is 2.18. The molecule has 9 heteroatoms. The Bertz CT molecular complexity index is 808. The molecule has 0 radical (unpaired) electrons. The van der Waals surface area contributed by atoms with Crippen LogP contribution >= 0.6 is 0 Å². The minimum Gasteiger partial charge on any atom is -0.465 e. The molecule has 0 fully saturated rings. The van der Waals surface area contributed by atoms with E-state index in [0.29, 0.717) is 57.9 Å². The summed E-state index contributed by atoms with van der Waals surface area (Å²) in [5, 5.41) is 0. The Hall–Kier alpha value is -1.87. The van der Waals surface area contributed by atoms with Gasteiger partial charge in [0.25, 0.3) is 0 Å². The zero-order valence-electron chi connectivity index (χ0n) is 34.3. The molecule has 2 unspecified atom stereocenters. The SMILES string of the molecule is CCCCCCCC(=O)OCCN(CCOC(=O)OC(CCCCCC)CCCC(=O)OCC(CCCC)CCCCCC)CCN(CC)CC. The van der Waals surface area contributed by atoms with E-state index in [1.165, 1.54) is 51.4 Å². The first-order chi connectivity index (χ1) is 24.8. The highest BCUT2D eigenvalue weighted by molar-refractivity contribution is 5.69. The van der Waals surface area contributed by atoms with Crippen LogP contribution in [0.4, 0.5) is 4.79 Å². The van der Waals surface area contributed by atoms with Gasteiger partial charge in [-0.1, -0.05) is 125 Å². The summed E-state index contributed by atoms with van der Waals surface area (Å²) in [6.07, 6.45) is 21.3. The van der Waals surface area contributed by atoms with Crippen LogP contribution < -0.4 is 0 Å². The van der Waals surface area contributed by atoms with Gasteiger partial charge in [-0.2, -0.15) is 0 Å². The fourth-order valence-electron chi connectivity index (χ4n) is 6.30. The molecule has 302 valence electrons. The Morgan fingerprint density at radius 1 is 0.471 bits per heavy atom. The van der Waals surface area contributed by atoms with E-state index in [1.54, 1.807) is 0 Å². The topological polar surface area (TPSA) is 94.6 Å². The fourth-order valence-corrected chi connectivity index (χ4v) is 6.30. The van der Waals surface area contributed by atoms with Gasteiger partial charge in [0.1, 0.15) is 19.3 Å². The second kappa shape index (κ2) is 36.5. The minimum absolute atomic E-state index is 0.137. The zero-order valence-corrected chi connectivity index (χ0v) is 34.3. The highest BCUT2D eigenvalue weighted by atomic mass is 16.7. The Kier molecular flexibility index (Phi) is 35.1. The molecular weight excluding hydrogens is 644 g/mol. The molecule has 2 atom stereocenters. The van der Waals surface area contributed by atoms with Gasteiger partial charge in [0, 0.05) is 39.0 Å². The summed E-state index contributed by atoms with van der Waals surface area (Å²) in [6, 6.07) is 0. The molecule has 0 aromatic rings. The second-order valence-corrected chi connectivity index (χ2v) is 14.4. The first-order valence-electron chi connectivity index (χ1n) is 21.4. The first kappa shape index (κ1) is 49.1. The van der Waals surface area contributed by atoms with Crippen molar-refractivity contribution < 1.29 is 33.3 Å². The van der Waals surface area contributed by atoms with Crippen LogP contribution in [0.25, 0.3) is 0 Å². The molecule has 9 nitrogen and oxygen atoms in total. The van der Waals surface area contributed by atoms with E-state index in [2.05, 4.69) is 51.3 Å². The van der Waals surface area contributed by atoms with E-state index in [0.717, 1.165) is 90.4 Å². The lowest BCUT2D eigenvalue weighted by atomic mass is 9.96. The molecule has 0 aromatic heterocycles. The zero-order chi connectivity index (χ0) is 37.8. The van der Waals surface area contributed by atoms with E-state index in [1.807, 2.05) is 0 Å². The number of likely N-dealkylation sites (N-methyl/N-ethyl adjacent to an activating group) is 1. The van der Waals surface area contributed by atoms with Crippen molar-refractivity contribution in [2.45, 2.75) is 189 Å². The number of hydrogen-bond acceptors (Lipinski definition) is 9. The number of unbranched alkanes of at least 4 members (excludes halogenated alkanes) is 11. The van der Waals surface area contributed by atoms with Gasteiger partial charge < -0.3 is 23.8 Å². The molecule has 0 saturated heterocycles. The molecular formula is C42H82N2O7. The quantitative estimate of drug-likeness (QED) is 0.0352. The lowest BCUT2D eigenvalue weighted by molar-refractivity contribution is -0.145. The molecule has 0 bridgehead atoms. The number of nitrogens with zero attached hydrogens (tertiary/aromatic N) is 2. The van der Waals surface area contributed by atoms with Gasteiger partial charge in [0.15, 0.2) is 0 Å². The van der Waals surface area contributed by atoms with Crippen molar-refractivity contribution in [3.63, 3.8) is 0 Å². The third-order valence-electron chi connectivity index (χ3n) is 9.87. The molecule has 0 heterocycles. The van der Waals surface area contributed by atoms with Crippen LogP contribution in [-0.4, -0.2) is 93.1 Å². The molecule has 0 amide bonds. The monoisotopic (exact) mass is 727 g/mol. The minimum atomic E-state index is -0.655. The van der Waals surface area contributed by atoms with Gasteiger partial charge in [-0.25, -0.2) is 4.79 Å². The first-order valence-corrected chi connectivity index (χ1v) is 21.4. The van der Waals surface area contributed by atoms with Crippen molar-refractivity contribution in [3.8, 4) is 0 Å². The van der Waals surface area contributed by atoms with E-state index in [9.17, 15) is 14.4 Å². The maximum absolute atomic E-state index is 12.8. The molecule has 0 aromatic carbocycles. The molecule has 0 saturated carbocycles. The van der Waals surface area contributed by atoms with Crippen molar-refractivity contribution in [2.24, 2.45) is 5.92 Å². The Balaban J connectivity index is 4.84. The molecule has 0 aliphatic heterocycles. The Morgan fingerprint density at radius 3 is 1.59 bits per heavy atom. The lowest BCUT2D eigenvalue weighted by Crippen LogP contribution is -2.39. The predicted molar refractivity (Wildman–Crippen MR) is 210 cm³/mol. The van der Waals surface area contributed by atoms with Crippen molar-refractivity contribution in [2.75, 3.05) is 59.1 Å². The summed E-state index contributed by atoms with van der Waals surface area (Å²) in [5.74, 6) is 0.158. The van der Waals surface area contributed by atoms with Crippen molar-refractivity contribution in [3.05, 3.63) is 0 Å². The highest BCUT2D eigenvalue weighted by Crippen LogP contribution is 2.19. The van der Waals surface area contributed by atoms with Crippen LogP contribution in [0.3, 0.4) is 0 Å². The van der Waals surface area contributed by atoms with Gasteiger partial charge in [0.05, 0.1) is 6.61 Å². The summed E-state index contributed by atoms with van der Waals surface area (Å²) in [5.41, 5.74) is 0. The average molecular weight is 727 g/mol. The van der Waals surface area contributed by atoms with Crippen molar-refractivity contribution in [1.29, 1.82) is 0 Å². The normalized spacial score (nSPS) is 12.6. The van der Waals surface area contributed by atoms with Crippen LogP contribution in [0.2, 0.25) is 0 Å². The number of rotatable bonds is 37. The maximum Gasteiger partial charge on any atom is 0.508 e. The molecule has 0 spiro atoms. The van der Waals surface area contributed by atoms with E-state index in [-0.39, 0.29) is 24.6 Å². The maximum atomic E-state index is 12.8. The lowest BCUT2D eigenvalue weighted by Gasteiger charge is -2.26. The fraction of sp³-hybridized carbons (Fsp3) is 0.929. The van der Waals surface area contributed by atoms with Gasteiger partial charge >= 0.3 is 18.1 Å². The van der Waals surface area contributed by atoms with Crippen molar-refractivity contribution in [1.82, 2.24) is 9.80 Å². The molecule has 0 N–H and O–H groups in total. The number of hydrogen-bond donors (Lipinski definition) is 0. The summed E-state index contributed by atoms with van der Waals surface area (Å²) in [7, 11) is 0. The number of carbonyl (C=O) groups excluding carboxylic acids is 3. The number of ether oxygens (including phenoxy) is 4. The van der Waals surface area contributed by atoms with Crippen LogP contribution in [0, 0.1) is 5.92 Å². The van der Waals surface area contributed by atoms with Gasteiger partial charge in [-0.15, -0.1) is 0 Å². The van der Waals surface area contributed by atoms with Gasteiger partial charge in [0.2, 0.25) is 0 Å². The smallest absolute Gasteiger partial charge is 0.465 e. The van der Waals surface area contributed by atoms with Crippen LogP contribution in [0.1, 0.15) is 183 Å². The number of esters is 2. The van der Waals surface area contributed by atoms with Gasteiger partial charge in [-0.3, -0.25) is 14.5 Å².